The Hall–Kier alpha value is -2.19. The normalized spacial score (nSPS) is 12.5. The van der Waals surface area contributed by atoms with E-state index in [9.17, 15) is 5.11 Å². The molecule has 0 aliphatic heterocycles. The lowest BCUT2D eigenvalue weighted by Gasteiger charge is -2.13. The number of aliphatic hydroxyl groups excluding tert-OH is 1. The van der Waals surface area contributed by atoms with Gasteiger partial charge in [0.2, 0.25) is 0 Å². The van der Waals surface area contributed by atoms with Crippen molar-refractivity contribution in [3.05, 3.63) is 78.1 Å². The summed E-state index contributed by atoms with van der Waals surface area (Å²) < 4.78 is 0. The number of hydrogen-bond donors (Lipinski definition) is 1. The zero-order valence-electron chi connectivity index (χ0n) is 9.82. The van der Waals surface area contributed by atoms with Gasteiger partial charge in [0, 0.05) is 17.8 Å². The Bertz CT molecular complexity index is 659. The average molecular weight is 235 g/mol. The minimum absolute atomic E-state index is 0.612. The van der Waals surface area contributed by atoms with Crippen LogP contribution in [-0.2, 0) is 0 Å². The highest BCUT2D eigenvalue weighted by molar-refractivity contribution is 5.85. The third-order valence-corrected chi connectivity index (χ3v) is 3.13. The summed E-state index contributed by atoms with van der Waals surface area (Å²) in [5.41, 5.74) is 1.79. The first kappa shape index (κ1) is 10.9. The third kappa shape index (κ3) is 1.87. The quantitative estimate of drug-likeness (QED) is 0.739. The van der Waals surface area contributed by atoms with Crippen LogP contribution in [0.1, 0.15) is 17.2 Å². The van der Waals surface area contributed by atoms with Crippen LogP contribution < -0.4 is 0 Å². The monoisotopic (exact) mass is 235 g/mol. The van der Waals surface area contributed by atoms with Gasteiger partial charge in [-0.05, 0) is 22.6 Å². The summed E-state index contributed by atoms with van der Waals surface area (Å²) in [6, 6.07) is 17.6. The predicted molar refractivity (Wildman–Crippen MR) is 72.2 cm³/mol. The van der Waals surface area contributed by atoms with E-state index in [2.05, 4.69) is 4.98 Å². The van der Waals surface area contributed by atoms with E-state index in [1.807, 2.05) is 54.6 Å². The van der Waals surface area contributed by atoms with Gasteiger partial charge in [0.1, 0.15) is 6.10 Å². The Kier molecular flexibility index (Phi) is 2.79. The first-order valence-electron chi connectivity index (χ1n) is 5.92. The lowest BCUT2D eigenvalue weighted by molar-refractivity contribution is 0.222. The van der Waals surface area contributed by atoms with Crippen molar-refractivity contribution < 1.29 is 5.11 Å². The second kappa shape index (κ2) is 4.59. The number of aliphatic hydroxyl groups is 1. The van der Waals surface area contributed by atoms with Gasteiger partial charge in [0.15, 0.2) is 0 Å². The number of aromatic nitrogens is 1. The number of benzene rings is 2. The topological polar surface area (TPSA) is 33.1 Å². The summed E-state index contributed by atoms with van der Waals surface area (Å²) >= 11 is 0. The van der Waals surface area contributed by atoms with Gasteiger partial charge in [-0.1, -0.05) is 48.5 Å². The van der Waals surface area contributed by atoms with Crippen molar-refractivity contribution in [2.75, 3.05) is 0 Å². The maximum atomic E-state index is 10.5. The predicted octanol–water partition coefficient (Wildman–Crippen LogP) is 3.32. The summed E-state index contributed by atoms with van der Waals surface area (Å²) in [5, 5.41) is 12.6. The van der Waals surface area contributed by atoms with E-state index in [0.717, 1.165) is 21.9 Å². The second-order valence-electron chi connectivity index (χ2n) is 4.26. The molecular formula is C16H13NO. The maximum absolute atomic E-state index is 10.5. The van der Waals surface area contributed by atoms with Gasteiger partial charge in [0.05, 0.1) is 0 Å². The number of hydrogen-bond acceptors (Lipinski definition) is 2. The van der Waals surface area contributed by atoms with Gasteiger partial charge in [-0.3, -0.25) is 4.98 Å². The summed E-state index contributed by atoms with van der Waals surface area (Å²) in [5.74, 6) is 0. The van der Waals surface area contributed by atoms with Crippen LogP contribution in [0.15, 0.2) is 67.0 Å². The van der Waals surface area contributed by atoms with Crippen LogP contribution in [-0.4, -0.2) is 10.1 Å². The molecule has 2 nitrogen and oxygen atoms in total. The fourth-order valence-electron chi connectivity index (χ4n) is 2.19. The lowest BCUT2D eigenvalue weighted by Crippen LogP contribution is -2.00. The van der Waals surface area contributed by atoms with Crippen molar-refractivity contribution in [3.63, 3.8) is 0 Å². The fourth-order valence-corrected chi connectivity index (χ4v) is 2.19. The molecular weight excluding hydrogens is 222 g/mol. The Morgan fingerprint density at radius 2 is 1.72 bits per heavy atom. The molecule has 88 valence electrons. The SMILES string of the molecule is OC(c1ccccc1)c1cccc2ccncc12. The molecule has 18 heavy (non-hydrogen) atoms. The van der Waals surface area contributed by atoms with Crippen molar-refractivity contribution in [1.29, 1.82) is 0 Å². The van der Waals surface area contributed by atoms with Crippen LogP contribution >= 0.6 is 0 Å². The molecule has 2 heteroatoms. The zero-order chi connectivity index (χ0) is 12.4. The van der Waals surface area contributed by atoms with Crippen molar-refractivity contribution >= 4 is 10.8 Å². The molecule has 1 N–H and O–H groups in total. The van der Waals surface area contributed by atoms with Crippen LogP contribution in [0.2, 0.25) is 0 Å². The van der Waals surface area contributed by atoms with Gasteiger partial charge < -0.3 is 5.11 Å². The molecule has 0 fully saturated rings. The van der Waals surface area contributed by atoms with Gasteiger partial charge in [0.25, 0.3) is 0 Å². The molecule has 0 amide bonds. The Labute approximate surface area is 106 Å². The van der Waals surface area contributed by atoms with Gasteiger partial charge in [-0.25, -0.2) is 0 Å². The molecule has 2 aromatic carbocycles. The molecule has 0 radical (unpaired) electrons. The van der Waals surface area contributed by atoms with Crippen molar-refractivity contribution in [2.24, 2.45) is 0 Å². The van der Waals surface area contributed by atoms with Crippen LogP contribution in [0.5, 0.6) is 0 Å². The molecule has 1 atom stereocenters. The van der Waals surface area contributed by atoms with Crippen molar-refractivity contribution in [2.45, 2.75) is 6.10 Å². The van der Waals surface area contributed by atoms with Gasteiger partial charge in [-0.15, -0.1) is 0 Å². The van der Waals surface area contributed by atoms with Crippen LogP contribution in [0.4, 0.5) is 0 Å². The van der Waals surface area contributed by atoms with E-state index in [1.165, 1.54) is 0 Å². The van der Waals surface area contributed by atoms with Crippen molar-refractivity contribution in [3.8, 4) is 0 Å². The first-order chi connectivity index (χ1) is 8.86. The average Bonchev–Trinajstić information content (AvgIpc) is 2.47. The smallest absolute Gasteiger partial charge is 0.105 e. The summed E-state index contributed by atoms with van der Waals surface area (Å²) in [7, 11) is 0. The van der Waals surface area contributed by atoms with E-state index >= 15 is 0 Å². The minimum Gasteiger partial charge on any atom is -0.384 e. The highest BCUT2D eigenvalue weighted by Gasteiger charge is 2.12. The maximum Gasteiger partial charge on any atom is 0.105 e. The lowest BCUT2D eigenvalue weighted by atomic mass is 9.97. The molecule has 1 unspecified atom stereocenters. The third-order valence-electron chi connectivity index (χ3n) is 3.13. The largest absolute Gasteiger partial charge is 0.384 e. The van der Waals surface area contributed by atoms with Crippen LogP contribution in [0.25, 0.3) is 10.8 Å². The summed E-state index contributed by atoms with van der Waals surface area (Å²) in [4.78, 5) is 4.14. The molecule has 0 aliphatic carbocycles. The standard InChI is InChI=1S/C16H13NO/c18-16(13-5-2-1-3-6-13)14-8-4-7-12-9-10-17-11-15(12)14/h1-11,16,18H. The summed E-state index contributed by atoms with van der Waals surface area (Å²) in [6.07, 6.45) is 2.96. The molecule has 3 rings (SSSR count). The molecule has 3 aromatic rings. The summed E-state index contributed by atoms with van der Waals surface area (Å²) in [6.45, 7) is 0. The van der Waals surface area contributed by atoms with Gasteiger partial charge in [-0.2, -0.15) is 0 Å². The zero-order valence-corrected chi connectivity index (χ0v) is 9.82. The molecule has 1 heterocycles. The Balaban J connectivity index is 2.15. The van der Waals surface area contributed by atoms with Crippen LogP contribution in [0, 0.1) is 0 Å². The molecule has 0 saturated heterocycles. The fraction of sp³-hybridized carbons (Fsp3) is 0.0625. The molecule has 0 bridgehead atoms. The van der Waals surface area contributed by atoms with Crippen LogP contribution in [0.3, 0.4) is 0 Å². The number of pyridine rings is 1. The van der Waals surface area contributed by atoms with Crippen molar-refractivity contribution in [1.82, 2.24) is 4.98 Å². The van der Waals surface area contributed by atoms with E-state index in [4.69, 9.17) is 0 Å². The molecule has 1 aromatic heterocycles. The Morgan fingerprint density at radius 1 is 0.889 bits per heavy atom. The van der Waals surface area contributed by atoms with E-state index in [0.29, 0.717) is 0 Å². The number of nitrogens with zero attached hydrogens (tertiary/aromatic N) is 1. The molecule has 0 saturated carbocycles. The number of rotatable bonds is 2. The number of fused-ring (bicyclic) bond motifs is 1. The van der Waals surface area contributed by atoms with E-state index < -0.39 is 6.10 Å². The first-order valence-corrected chi connectivity index (χ1v) is 5.92. The van der Waals surface area contributed by atoms with E-state index in [1.54, 1.807) is 12.4 Å². The highest BCUT2D eigenvalue weighted by Crippen LogP contribution is 2.27. The van der Waals surface area contributed by atoms with Gasteiger partial charge >= 0.3 is 0 Å². The highest BCUT2D eigenvalue weighted by atomic mass is 16.3. The molecule has 0 aliphatic rings. The minimum atomic E-state index is -0.612. The molecule has 0 spiro atoms. The van der Waals surface area contributed by atoms with E-state index in [-0.39, 0.29) is 0 Å². The Morgan fingerprint density at radius 3 is 2.56 bits per heavy atom. The second-order valence-corrected chi connectivity index (χ2v) is 4.26.